The Morgan fingerprint density at radius 3 is 1.41 bits per heavy atom. The minimum absolute atomic E-state index is 0.00103. The van der Waals surface area contributed by atoms with Crippen molar-refractivity contribution in [3.8, 4) is 11.1 Å². The van der Waals surface area contributed by atoms with Gasteiger partial charge in [0.1, 0.15) is 0 Å². The fraction of sp³-hybridized carbons (Fsp3) is 0.208. The maximum Gasteiger partial charge on any atom is 0.0725 e. The quantitative estimate of drug-likeness (QED) is 0.161. The molecule has 242 valence electrons. The van der Waals surface area contributed by atoms with E-state index in [4.69, 9.17) is 0 Å². The zero-order valence-electron chi connectivity index (χ0n) is 29.3. The lowest BCUT2D eigenvalue weighted by Gasteiger charge is -2.37. The van der Waals surface area contributed by atoms with Gasteiger partial charge in [-0.15, -0.1) is 0 Å². The second-order valence-corrected chi connectivity index (χ2v) is 16.9. The SMILES string of the molecule is CC(C)(C)c1ccc2c(c1)C1(c3cc(Br)ccc3C=Cc3ccc(C(c4ccccc4)c4ccccc4)cc31)c1cc(C(C)(C)C)ccc1-2. The van der Waals surface area contributed by atoms with Crippen LogP contribution in [0, 0.1) is 0 Å². The third-order valence-electron chi connectivity index (χ3n) is 10.8. The molecule has 0 atom stereocenters. The van der Waals surface area contributed by atoms with Crippen molar-refractivity contribution in [2.45, 2.75) is 63.7 Å². The van der Waals surface area contributed by atoms with Gasteiger partial charge in [0.2, 0.25) is 0 Å². The number of benzene rings is 6. The largest absolute Gasteiger partial charge is 0.0725 e. The molecular formula is C48H43Br. The van der Waals surface area contributed by atoms with Gasteiger partial charge >= 0.3 is 0 Å². The van der Waals surface area contributed by atoms with Gasteiger partial charge in [-0.2, -0.15) is 0 Å². The molecule has 6 aromatic rings. The highest BCUT2D eigenvalue weighted by molar-refractivity contribution is 9.10. The summed E-state index contributed by atoms with van der Waals surface area (Å²) in [5, 5.41) is 0. The molecule has 0 fully saturated rings. The number of hydrogen-bond donors (Lipinski definition) is 0. The van der Waals surface area contributed by atoms with Gasteiger partial charge in [-0.3, -0.25) is 0 Å². The molecule has 0 amide bonds. The monoisotopic (exact) mass is 698 g/mol. The van der Waals surface area contributed by atoms with Gasteiger partial charge < -0.3 is 0 Å². The van der Waals surface area contributed by atoms with Gasteiger partial charge in [0, 0.05) is 10.4 Å². The Hall–Kier alpha value is -4.46. The highest BCUT2D eigenvalue weighted by Gasteiger charge is 2.49. The smallest absolute Gasteiger partial charge is 0.0622 e. The first kappa shape index (κ1) is 31.8. The van der Waals surface area contributed by atoms with Gasteiger partial charge in [-0.25, -0.2) is 0 Å². The first-order valence-electron chi connectivity index (χ1n) is 17.5. The molecular weight excluding hydrogens is 656 g/mol. The molecule has 0 bridgehead atoms. The molecule has 0 unspecified atom stereocenters. The summed E-state index contributed by atoms with van der Waals surface area (Å²) in [7, 11) is 0. The molecule has 2 aliphatic carbocycles. The van der Waals surface area contributed by atoms with E-state index in [1.165, 1.54) is 72.3 Å². The third kappa shape index (κ3) is 5.17. The highest BCUT2D eigenvalue weighted by atomic mass is 79.9. The van der Waals surface area contributed by atoms with Crippen molar-refractivity contribution in [3.05, 3.63) is 199 Å². The van der Waals surface area contributed by atoms with Crippen molar-refractivity contribution in [2.75, 3.05) is 0 Å². The molecule has 0 nitrogen and oxygen atoms in total. The van der Waals surface area contributed by atoms with Crippen molar-refractivity contribution in [1.82, 2.24) is 0 Å². The normalized spacial score (nSPS) is 14.3. The average Bonchev–Trinajstić information content (AvgIpc) is 3.29. The number of rotatable bonds is 3. The van der Waals surface area contributed by atoms with Gasteiger partial charge in [0.25, 0.3) is 0 Å². The van der Waals surface area contributed by atoms with Crippen LogP contribution in [0.25, 0.3) is 23.3 Å². The first-order valence-corrected chi connectivity index (χ1v) is 18.3. The zero-order chi connectivity index (χ0) is 34.1. The number of fused-ring (bicyclic) bond motifs is 9. The van der Waals surface area contributed by atoms with Gasteiger partial charge in [-0.1, -0.05) is 191 Å². The lowest BCUT2D eigenvalue weighted by molar-refractivity contribution is 0.586. The molecule has 0 saturated carbocycles. The molecule has 8 rings (SSSR count). The van der Waals surface area contributed by atoms with E-state index in [1.54, 1.807) is 0 Å². The van der Waals surface area contributed by atoms with Crippen molar-refractivity contribution in [2.24, 2.45) is 0 Å². The van der Waals surface area contributed by atoms with Gasteiger partial charge in [0.05, 0.1) is 5.41 Å². The van der Waals surface area contributed by atoms with Crippen molar-refractivity contribution >= 4 is 28.1 Å². The molecule has 49 heavy (non-hydrogen) atoms. The second-order valence-electron chi connectivity index (χ2n) is 15.9. The van der Waals surface area contributed by atoms with Crippen LogP contribution in [-0.2, 0) is 16.2 Å². The summed E-state index contributed by atoms with van der Waals surface area (Å²) in [5.74, 6) is 0.0983. The van der Waals surface area contributed by atoms with E-state index in [9.17, 15) is 0 Å². The molecule has 0 aromatic heterocycles. The minimum atomic E-state index is -0.529. The summed E-state index contributed by atoms with van der Waals surface area (Å²) in [5.41, 5.74) is 16.7. The summed E-state index contributed by atoms with van der Waals surface area (Å²) >= 11 is 3.93. The lowest BCUT2D eigenvalue weighted by atomic mass is 9.64. The molecule has 1 heteroatoms. The average molecular weight is 700 g/mol. The Kier molecular flexibility index (Phi) is 7.50. The topological polar surface area (TPSA) is 0 Å². The van der Waals surface area contributed by atoms with Crippen LogP contribution in [0.2, 0.25) is 0 Å². The Bertz CT molecular complexity index is 2140. The Morgan fingerprint density at radius 2 is 0.918 bits per heavy atom. The Labute approximate surface area is 300 Å². The third-order valence-corrected chi connectivity index (χ3v) is 11.3. The Morgan fingerprint density at radius 1 is 0.449 bits per heavy atom. The molecule has 0 heterocycles. The van der Waals surface area contributed by atoms with Crippen molar-refractivity contribution < 1.29 is 0 Å². The van der Waals surface area contributed by atoms with Crippen LogP contribution in [0.5, 0.6) is 0 Å². The number of halogens is 1. The molecule has 0 saturated heterocycles. The van der Waals surface area contributed by atoms with E-state index in [-0.39, 0.29) is 16.7 Å². The Balaban J connectivity index is 1.53. The maximum atomic E-state index is 3.93. The summed E-state index contributed by atoms with van der Waals surface area (Å²) in [4.78, 5) is 0. The standard InChI is InChI=1S/C48H43Br/c1-46(2,3)36-22-25-39-40-26-23-37(47(4,5)6)29-44(40)48(43(39)28-36)41-27-35(20-19-31(41)17-18-32-21-24-38(49)30-42(32)48)45(33-13-9-7-10-14-33)34-15-11-8-12-16-34/h7-30,45H,1-6H3. The van der Waals surface area contributed by atoms with Crippen LogP contribution in [0.3, 0.4) is 0 Å². The molecule has 0 aliphatic heterocycles. The van der Waals surface area contributed by atoms with E-state index < -0.39 is 5.41 Å². The van der Waals surface area contributed by atoms with Gasteiger partial charge in [0.15, 0.2) is 0 Å². The van der Waals surface area contributed by atoms with Crippen molar-refractivity contribution in [1.29, 1.82) is 0 Å². The fourth-order valence-corrected chi connectivity index (χ4v) is 8.61. The first-order chi connectivity index (χ1) is 23.5. The predicted molar refractivity (Wildman–Crippen MR) is 212 cm³/mol. The molecule has 0 N–H and O–H groups in total. The summed E-state index contributed by atoms with van der Waals surface area (Å²) in [6.07, 6.45) is 4.68. The van der Waals surface area contributed by atoms with E-state index in [1.807, 2.05) is 0 Å². The van der Waals surface area contributed by atoms with Crippen molar-refractivity contribution in [3.63, 3.8) is 0 Å². The van der Waals surface area contributed by atoms with Crippen LogP contribution in [-0.4, -0.2) is 0 Å². The zero-order valence-corrected chi connectivity index (χ0v) is 30.9. The minimum Gasteiger partial charge on any atom is -0.0622 e. The summed E-state index contributed by atoms with van der Waals surface area (Å²) in [6.45, 7) is 14.0. The van der Waals surface area contributed by atoms with Crippen LogP contribution in [0.15, 0.2) is 138 Å². The molecule has 1 spiro atoms. The van der Waals surface area contributed by atoms with E-state index in [0.29, 0.717) is 0 Å². The maximum absolute atomic E-state index is 3.93. The van der Waals surface area contributed by atoms with Gasteiger partial charge in [-0.05, 0) is 95.3 Å². The second kappa shape index (κ2) is 11.6. The summed E-state index contributed by atoms with van der Waals surface area (Å²) < 4.78 is 1.10. The molecule has 2 aliphatic rings. The summed E-state index contributed by atoms with van der Waals surface area (Å²) in [6, 6.07) is 50.7. The van der Waals surface area contributed by atoms with Crippen LogP contribution >= 0.6 is 15.9 Å². The molecule has 0 radical (unpaired) electrons. The van der Waals surface area contributed by atoms with E-state index in [0.717, 1.165) is 4.47 Å². The lowest BCUT2D eigenvalue weighted by Crippen LogP contribution is -2.31. The predicted octanol–water partition coefficient (Wildman–Crippen LogP) is 13.1. The molecule has 6 aromatic carbocycles. The van der Waals surface area contributed by atoms with Crippen LogP contribution in [0.1, 0.15) is 109 Å². The van der Waals surface area contributed by atoms with Crippen LogP contribution in [0.4, 0.5) is 0 Å². The number of hydrogen-bond acceptors (Lipinski definition) is 0. The van der Waals surface area contributed by atoms with E-state index in [2.05, 4.69) is 203 Å². The van der Waals surface area contributed by atoms with Crippen LogP contribution < -0.4 is 0 Å². The highest BCUT2D eigenvalue weighted by Crippen LogP contribution is 2.60. The van der Waals surface area contributed by atoms with E-state index >= 15 is 0 Å². The fourth-order valence-electron chi connectivity index (χ4n) is 8.25.